The number of anilines is 1. The predicted molar refractivity (Wildman–Crippen MR) is 111 cm³/mol. The molecule has 3 rings (SSSR count). The lowest BCUT2D eigenvalue weighted by Gasteiger charge is -2.23. The summed E-state index contributed by atoms with van der Waals surface area (Å²) in [6, 6.07) is 7.68. The molecule has 0 spiro atoms. The number of sulfonamides is 1. The molecule has 0 aromatic heterocycles. The number of amides is 1. The average Bonchev–Trinajstić information content (AvgIpc) is 3.24. The van der Waals surface area contributed by atoms with Crippen molar-refractivity contribution in [2.45, 2.75) is 42.9 Å². The van der Waals surface area contributed by atoms with Crippen LogP contribution in [0.4, 0.5) is 27.6 Å². The van der Waals surface area contributed by atoms with E-state index in [1.165, 1.54) is 0 Å². The molecular formula is C21H22F5N3O3S. The van der Waals surface area contributed by atoms with Crippen molar-refractivity contribution < 1.29 is 35.2 Å². The topological polar surface area (TPSA) is 78.5 Å². The van der Waals surface area contributed by atoms with Crippen molar-refractivity contribution in [3.63, 3.8) is 0 Å². The molecule has 1 aliphatic rings. The van der Waals surface area contributed by atoms with Gasteiger partial charge >= 0.3 is 6.18 Å². The Bertz CT molecular complexity index is 1110. The molecule has 1 unspecified atom stereocenters. The third-order valence-electron chi connectivity index (χ3n) is 5.14. The second-order valence-electron chi connectivity index (χ2n) is 7.56. The first-order chi connectivity index (χ1) is 15.5. The number of hydrogen-bond donors (Lipinski definition) is 2. The van der Waals surface area contributed by atoms with Gasteiger partial charge in [-0.1, -0.05) is 12.1 Å². The van der Waals surface area contributed by atoms with Crippen LogP contribution in [0.1, 0.15) is 24.8 Å². The molecule has 2 N–H and O–H groups in total. The summed E-state index contributed by atoms with van der Waals surface area (Å²) >= 11 is 0. The van der Waals surface area contributed by atoms with Crippen LogP contribution in [0.2, 0.25) is 0 Å². The first-order valence-corrected chi connectivity index (χ1v) is 11.6. The van der Waals surface area contributed by atoms with Gasteiger partial charge in [-0.3, -0.25) is 4.79 Å². The quantitative estimate of drug-likeness (QED) is 0.551. The second kappa shape index (κ2) is 10.0. The van der Waals surface area contributed by atoms with Gasteiger partial charge in [0.2, 0.25) is 15.9 Å². The molecule has 1 fully saturated rings. The van der Waals surface area contributed by atoms with Gasteiger partial charge in [0.05, 0.1) is 11.3 Å². The van der Waals surface area contributed by atoms with E-state index in [-0.39, 0.29) is 26.1 Å². The van der Waals surface area contributed by atoms with Crippen LogP contribution in [0.3, 0.4) is 0 Å². The molecule has 0 aliphatic carbocycles. The number of carbonyl (C=O) groups is 1. The Morgan fingerprint density at radius 2 is 1.85 bits per heavy atom. The molecule has 33 heavy (non-hydrogen) atoms. The van der Waals surface area contributed by atoms with E-state index in [0.717, 1.165) is 10.4 Å². The van der Waals surface area contributed by atoms with E-state index < -0.39 is 51.1 Å². The maximum absolute atomic E-state index is 13.5. The first kappa shape index (κ1) is 24.9. The third kappa shape index (κ3) is 6.41. The molecule has 180 valence electrons. The van der Waals surface area contributed by atoms with Crippen LogP contribution >= 0.6 is 0 Å². The zero-order chi connectivity index (χ0) is 24.2. The number of nitrogens with zero attached hydrogens (tertiary/aromatic N) is 1. The third-order valence-corrected chi connectivity index (χ3v) is 7.04. The second-order valence-corrected chi connectivity index (χ2v) is 9.45. The SMILES string of the molecule is O=C(NCc1cccc(NCCC(F)(F)F)c1)C1CCCN1S(=O)(=O)c1ccc(F)c(F)c1. The standard InChI is InChI=1S/C21H22F5N3O3S/c22-17-7-6-16(12-18(17)23)33(31,32)29-10-2-5-19(29)20(30)28-13-14-3-1-4-15(11-14)27-9-8-21(24,25)26/h1,3-4,6-7,11-12,19,27H,2,5,8-10,13H2,(H,28,30). The lowest BCUT2D eigenvalue weighted by molar-refractivity contribution is -0.131. The predicted octanol–water partition coefficient (Wildman–Crippen LogP) is 3.80. The summed E-state index contributed by atoms with van der Waals surface area (Å²) in [6.45, 7) is -0.209. The summed E-state index contributed by atoms with van der Waals surface area (Å²) in [6.07, 6.45) is -4.59. The minimum atomic E-state index is -4.27. The van der Waals surface area contributed by atoms with Crippen LogP contribution in [0.5, 0.6) is 0 Å². The number of benzene rings is 2. The van der Waals surface area contributed by atoms with Gasteiger partial charge in [-0.25, -0.2) is 17.2 Å². The van der Waals surface area contributed by atoms with Gasteiger partial charge in [0.25, 0.3) is 0 Å². The molecule has 0 radical (unpaired) electrons. The van der Waals surface area contributed by atoms with Crippen molar-refractivity contribution in [3.8, 4) is 0 Å². The highest BCUT2D eigenvalue weighted by atomic mass is 32.2. The van der Waals surface area contributed by atoms with Crippen molar-refractivity contribution in [1.29, 1.82) is 0 Å². The van der Waals surface area contributed by atoms with E-state index in [1.54, 1.807) is 24.3 Å². The van der Waals surface area contributed by atoms with Crippen molar-refractivity contribution >= 4 is 21.6 Å². The fourth-order valence-corrected chi connectivity index (χ4v) is 5.18. The lowest BCUT2D eigenvalue weighted by atomic mass is 10.1. The molecule has 1 amide bonds. The molecule has 2 aromatic rings. The van der Waals surface area contributed by atoms with Gasteiger partial charge in [0.15, 0.2) is 11.6 Å². The number of hydrogen-bond acceptors (Lipinski definition) is 4. The number of nitrogens with one attached hydrogen (secondary N) is 2. The van der Waals surface area contributed by atoms with Gasteiger partial charge < -0.3 is 10.6 Å². The molecule has 1 atom stereocenters. The Morgan fingerprint density at radius 3 is 2.55 bits per heavy atom. The number of halogens is 5. The maximum Gasteiger partial charge on any atom is 0.390 e. The number of alkyl halides is 3. The molecule has 1 heterocycles. The Hall–Kier alpha value is -2.73. The normalized spacial score (nSPS) is 17.2. The molecule has 2 aromatic carbocycles. The van der Waals surface area contributed by atoms with E-state index >= 15 is 0 Å². The van der Waals surface area contributed by atoms with Crippen LogP contribution in [0.15, 0.2) is 47.4 Å². The van der Waals surface area contributed by atoms with Gasteiger partial charge in [-0.2, -0.15) is 17.5 Å². The molecule has 1 saturated heterocycles. The van der Waals surface area contributed by atoms with Crippen LogP contribution in [-0.2, 0) is 21.4 Å². The van der Waals surface area contributed by atoms with Crippen LogP contribution in [0.25, 0.3) is 0 Å². The zero-order valence-electron chi connectivity index (χ0n) is 17.3. The van der Waals surface area contributed by atoms with Crippen molar-refractivity contribution in [2.75, 3.05) is 18.4 Å². The first-order valence-electron chi connectivity index (χ1n) is 10.1. The Kier molecular flexibility index (Phi) is 7.58. The van der Waals surface area contributed by atoms with E-state index in [0.29, 0.717) is 29.8 Å². The van der Waals surface area contributed by atoms with E-state index in [1.807, 2.05) is 0 Å². The van der Waals surface area contributed by atoms with E-state index in [9.17, 15) is 35.2 Å². The highest BCUT2D eigenvalue weighted by molar-refractivity contribution is 7.89. The smallest absolute Gasteiger partial charge is 0.385 e. The van der Waals surface area contributed by atoms with Crippen LogP contribution < -0.4 is 10.6 Å². The largest absolute Gasteiger partial charge is 0.390 e. The lowest BCUT2D eigenvalue weighted by Crippen LogP contribution is -2.45. The summed E-state index contributed by atoms with van der Waals surface area (Å²) in [5.74, 6) is -3.05. The monoisotopic (exact) mass is 491 g/mol. The molecule has 1 aliphatic heterocycles. The summed E-state index contributed by atoms with van der Waals surface area (Å²) in [5.41, 5.74) is 1.06. The Morgan fingerprint density at radius 1 is 1.09 bits per heavy atom. The molecule has 0 saturated carbocycles. The fourth-order valence-electron chi connectivity index (χ4n) is 3.51. The van der Waals surface area contributed by atoms with Gasteiger partial charge in [-0.15, -0.1) is 0 Å². The summed E-state index contributed by atoms with van der Waals surface area (Å²) in [5, 5.41) is 5.30. The van der Waals surface area contributed by atoms with E-state index in [2.05, 4.69) is 10.6 Å². The fraction of sp³-hybridized carbons (Fsp3) is 0.381. The van der Waals surface area contributed by atoms with Crippen molar-refractivity contribution in [3.05, 3.63) is 59.7 Å². The minimum Gasteiger partial charge on any atom is -0.385 e. The maximum atomic E-state index is 13.5. The highest BCUT2D eigenvalue weighted by Gasteiger charge is 2.39. The van der Waals surface area contributed by atoms with Gasteiger partial charge in [0, 0.05) is 25.3 Å². The Labute approximate surface area is 187 Å². The van der Waals surface area contributed by atoms with Crippen LogP contribution in [-0.4, -0.2) is 43.9 Å². The van der Waals surface area contributed by atoms with Gasteiger partial charge in [0.1, 0.15) is 6.04 Å². The number of carbonyl (C=O) groups excluding carboxylic acids is 1. The molecule has 12 heteroatoms. The van der Waals surface area contributed by atoms with Crippen molar-refractivity contribution in [2.24, 2.45) is 0 Å². The summed E-state index contributed by atoms with van der Waals surface area (Å²) in [4.78, 5) is 12.3. The number of rotatable bonds is 8. The summed E-state index contributed by atoms with van der Waals surface area (Å²) < 4.78 is 90.3. The molecule has 0 bridgehead atoms. The van der Waals surface area contributed by atoms with Crippen LogP contribution in [0, 0.1) is 11.6 Å². The van der Waals surface area contributed by atoms with Crippen molar-refractivity contribution in [1.82, 2.24) is 9.62 Å². The molecule has 6 nitrogen and oxygen atoms in total. The molecular weight excluding hydrogens is 469 g/mol. The average molecular weight is 491 g/mol. The Balaban J connectivity index is 1.63. The van der Waals surface area contributed by atoms with Gasteiger partial charge in [-0.05, 0) is 48.7 Å². The van der Waals surface area contributed by atoms with E-state index in [4.69, 9.17) is 0 Å². The zero-order valence-corrected chi connectivity index (χ0v) is 18.1. The highest BCUT2D eigenvalue weighted by Crippen LogP contribution is 2.27. The minimum absolute atomic E-state index is 0.0309. The summed E-state index contributed by atoms with van der Waals surface area (Å²) in [7, 11) is -4.22.